The molecule has 0 radical (unpaired) electrons. The molecular formula is C20H19ClFN3O2. The van der Waals surface area contributed by atoms with Gasteiger partial charge in [-0.2, -0.15) is 4.98 Å². The summed E-state index contributed by atoms with van der Waals surface area (Å²) < 4.78 is 18.4. The lowest BCUT2D eigenvalue weighted by Gasteiger charge is -2.18. The molecule has 0 saturated carbocycles. The normalized spacial score (nSPS) is 12.2. The molecule has 1 atom stereocenters. The van der Waals surface area contributed by atoms with Crippen LogP contribution in [0.2, 0.25) is 5.02 Å². The van der Waals surface area contributed by atoms with Gasteiger partial charge in [0, 0.05) is 10.6 Å². The molecule has 0 saturated heterocycles. The van der Waals surface area contributed by atoms with Gasteiger partial charge in [0.2, 0.25) is 17.6 Å². The summed E-state index contributed by atoms with van der Waals surface area (Å²) in [5.41, 5.74) is 1.50. The van der Waals surface area contributed by atoms with E-state index in [-0.39, 0.29) is 24.1 Å². The van der Waals surface area contributed by atoms with Crippen LogP contribution in [0, 0.1) is 11.7 Å². The summed E-state index contributed by atoms with van der Waals surface area (Å²) >= 11 is 5.90. The molecule has 3 rings (SSSR count). The van der Waals surface area contributed by atoms with Gasteiger partial charge in [-0.3, -0.25) is 4.79 Å². The van der Waals surface area contributed by atoms with Crippen LogP contribution in [0.5, 0.6) is 0 Å². The molecule has 1 amide bonds. The van der Waals surface area contributed by atoms with Gasteiger partial charge >= 0.3 is 0 Å². The quantitative estimate of drug-likeness (QED) is 0.672. The van der Waals surface area contributed by atoms with Gasteiger partial charge in [0.25, 0.3) is 0 Å². The van der Waals surface area contributed by atoms with Gasteiger partial charge in [0.05, 0.1) is 6.42 Å². The Morgan fingerprint density at radius 2 is 1.81 bits per heavy atom. The van der Waals surface area contributed by atoms with Crippen LogP contribution in [0.15, 0.2) is 53.1 Å². The lowest BCUT2D eigenvalue weighted by Crippen LogP contribution is -2.33. The zero-order valence-electron chi connectivity index (χ0n) is 14.9. The van der Waals surface area contributed by atoms with Gasteiger partial charge in [-0.05, 0) is 47.9 Å². The molecule has 1 unspecified atom stereocenters. The average molecular weight is 388 g/mol. The van der Waals surface area contributed by atoms with Crippen LogP contribution in [0.4, 0.5) is 4.39 Å². The summed E-state index contributed by atoms with van der Waals surface area (Å²) in [6.07, 6.45) is 0.141. The minimum absolute atomic E-state index is 0.0423. The van der Waals surface area contributed by atoms with E-state index >= 15 is 0 Å². The first kappa shape index (κ1) is 19.0. The summed E-state index contributed by atoms with van der Waals surface area (Å²) in [6, 6.07) is 12.5. The highest BCUT2D eigenvalue weighted by atomic mass is 35.5. The molecule has 1 aromatic heterocycles. The summed E-state index contributed by atoms with van der Waals surface area (Å²) in [5.74, 6) is 0.273. The van der Waals surface area contributed by atoms with Crippen molar-refractivity contribution in [2.24, 2.45) is 5.92 Å². The first-order valence-corrected chi connectivity index (χ1v) is 8.93. The third-order valence-corrected chi connectivity index (χ3v) is 4.32. The summed E-state index contributed by atoms with van der Waals surface area (Å²) in [4.78, 5) is 16.8. The molecule has 0 aliphatic rings. The molecule has 7 heteroatoms. The van der Waals surface area contributed by atoms with Crippen molar-refractivity contribution in [2.75, 3.05) is 0 Å². The van der Waals surface area contributed by atoms with Crippen LogP contribution in [0.25, 0.3) is 11.4 Å². The second-order valence-corrected chi connectivity index (χ2v) is 6.99. The van der Waals surface area contributed by atoms with E-state index in [0.29, 0.717) is 16.7 Å². The van der Waals surface area contributed by atoms with Crippen molar-refractivity contribution in [3.05, 3.63) is 70.8 Å². The number of benzene rings is 2. The number of carbonyl (C=O) groups excluding carboxylic acids is 1. The molecule has 0 aliphatic heterocycles. The molecule has 0 aliphatic carbocycles. The van der Waals surface area contributed by atoms with E-state index in [4.69, 9.17) is 16.1 Å². The number of aromatic nitrogens is 2. The van der Waals surface area contributed by atoms with E-state index in [9.17, 15) is 9.18 Å². The Labute approximate surface area is 161 Å². The van der Waals surface area contributed by atoms with Gasteiger partial charge in [0.15, 0.2) is 0 Å². The van der Waals surface area contributed by atoms with E-state index in [2.05, 4.69) is 15.5 Å². The number of rotatable bonds is 6. The molecule has 0 spiro atoms. The molecule has 140 valence electrons. The number of hydrogen-bond acceptors (Lipinski definition) is 4. The number of halogens is 2. The molecule has 3 aromatic rings. The van der Waals surface area contributed by atoms with Gasteiger partial charge in [-0.1, -0.05) is 42.7 Å². The third-order valence-electron chi connectivity index (χ3n) is 4.07. The number of carbonyl (C=O) groups is 1. The Balaban J connectivity index is 1.72. The average Bonchev–Trinajstić information content (AvgIpc) is 3.12. The molecule has 1 N–H and O–H groups in total. The topological polar surface area (TPSA) is 68.0 Å². The number of hydrogen-bond donors (Lipinski definition) is 1. The zero-order valence-corrected chi connectivity index (χ0v) is 15.7. The van der Waals surface area contributed by atoms with Crippen molar-refractivity contribution in [1.82, 2.24) is 15.5 Å². The molecule has 5 nitrogen and oxygen atoms in total. The maximum atomic E-state index is 13.0. The smallest absolute Gasteiger partial charge is 0.249 e. The predicted molar refractivity (Wildman–Crippen MR) is 101 cm³/mol. The van der Waals surface area contributed by atoms with Crippen molar-refractivity contribution in [2.45, 2.75) is 26.3 Å². The van der Waals surface area contributed by atoms with E-state index < -0.39 is 6.04 Å². The summed E-state index contributed by atoms with van der Waals surface area (Å²) in [7, 11) is 0. The number of nitrogens with zero attached hydrogens (tertiary/aromatic N) is 2. The number of amides is 1. The Hall–Kier alpha value is -2.73. The van der Waals surface area contributed by atoms with Crippen LogP contribution in [-0.2, 0) is 11.2 Å². The van der Waals surface area contributed by atoms with E-state index in [1.54, 1.807) is 36.4 Å². The van der Waals surface area contributed by atoms with Gasteiger partial charge in [-0.25, -0.2) is 4.39 Å². The Morgan fingerprint density at radius 1 is 1.15 bits per heavy atom. The van der Waals surface area contributed by atoms with Gasteiger partial charge in [-0.15, -0.1) is 0 Å². The molecule has 1 heterocycles. The fraction of sp³-hybridized carbons (Fsp3) is 0.250. The Bertz CT molecular complexity index is 908. The first-order valence-electron chi connectivity index (χ1n) is 8.55. The van der Waals surface area contributed by atoms with E-state index in [1.165, 1.54) is 12.1 Å². The van der Waals surface area contributed by atoms with Crippen molar-refractivity contribution < 1.29 is 13.7 Å². The fourth-order valence-corrected chi connectivity index (χ4v) is 2.73. The Kier molecular flexibility index (Phi) is 5.86. The maximum absolute atomic E-state index is 13.0. The van der Waals surface area contributed by atoms with Crippen molar-refractivity contribution in [3.8, 4) is 11.4 Å². The number of nitrogens with one attached hydrogen (secondary N) is 1. The van der Waals surface area contributed by atoms with Crippen LogP contribution in [0.1, 0.15) is 31.3 Å². The molecule has 2 aromatic carbocycles. The zero-order chi connectivity index (χ0) is 19.4. The SMILES string of the molecule is CC(C)C(NC(=O)Cc1ccc(F)cc1)c1nc(-c2ccc(Cl)cc2)no1. The van der Waals surface area contributed by atoms with Crippen molar-refractivity contribution >= 4 is 17.5 Å². The van der Waals surface area contributed by atoms with Crippen LogP contribution in [-0.4, -0.2) is 16.0 Å². The van der Waals surface area contributed by atoms with E-state index in [0.717, 1.165) is 11.1 Å². The standard InChI is InChI=1S/C20H19ClFN3O2/c1-12(2)18(23-17(26)11-13-3-9-16(22)10-4-13)20-24-19(25-27-20)14-5-7-15(21)8-6-14/h3-10,12,18H,11H2,1-2H3,(H,23,26). The van der Waals surface area contributed by atoms with Crippen LogP contribution in [0.3, 0.4) is 0 Å². The molecule has 27 heavy (non-hydrogen) atoms. The fourth-order valence-electron chi connectivity index (χ4n) is 2.60. The molecule has 0 fully saturated rings. The monoisotopic (exact) mass is 387 g/mol. The lowest BCUT2D eigenvalue weighted by molar-refractivity contribution is -0.121. The summed E-state index contributed by atoms with van der Waals surface area (Å²) in [5, 5.41) is 7.54. The minimum atomic E-state index is -0.425. The molecular weight excluding hydrogens is 369 g/mol. The first-order chi connectivity index (χ1) is 12.9. The second-order valence-electron chi connectivity index (χ2n) is 6.56. The second kappa shape index (κ2) is 8.31. The Morgan fingerprint density at radius 3 is 2.44 bits per heavy atom. The highest BCUT2D eigenvalue weighted by molar-refractivity contribution is 6.30. The third kappa shape index (κ3) is 4.92. The van der Waals surface area contributed by atoms with Gasteiger partial charge in [0.1, 0.15) is 11.9 Å². The largest absolute Gasteiger partial charge is 0.344 e. The van der Waals surface area contributed by atoms with Crippen LogP contribution >= 0.6 is 11.6 Å². The van der Waals surface area contributed by atoms with Crippen LogP contribution < -0.4 is 5.32 Å². The maximum Gasteiger partial charge on any atom is 0.249 e. The summed E-state index contributed by atoms with van der Waals surface area (Å²) in [6.45, 7) is 3.91. The highest BCUT2D eigenvalue weighted by Gasteiger charge is 2.25. The van der Waals surface area contributed by atoms with Crippen molar-refractivity contribution in [3.63, 3.8) is 0 Å². The highest BCUT2D eigenvalue weighted by Crippen LogP contribution is 2.24. The van der Waals surface area contributed by atoms with E-state index in [1.807, 2.05) is 13.8 Å². The lowest BCUT2D eigenvalue weighted by atomic mass is 10.0. The van der Waals surface area contributed by atoms with Gasteiger partial charge < -0.3 is 9.84 Å². The predicted octanol–water partition coefficient (Wildman–Crippen LogP) is 4.59. The minimum Gasteiger partial charge on any atom is -0.344 e. The van der Waals surface area contributed by atoms with Crippen molar-refractivity contribution in [1.29, 1.82) is 0 Å². The molecule has 0 bridgehead atoms.